The van der Waals surface area contributed by atoms with Gasteiger partial charge in [-0.2, -0.15) is 5.26 Å². The number of morpholine rings is 1. The van der Waals surface area contributed by atoms with E-state index in [0.29, 0.717) is 11.6 Å². The molecule has 4 nitrogen and oxygen atoms in total. The van der Waals surface area contributed by atoms with Gasteiger partial charge in [0.2, 0.25) is 0 Å². The maximum atomic E-state index is 9.01. The van der Waals surface area contributed by atoms with Gasteiger partial charge in [-0.05, 0) is 36.1 Å². The van der Waals surface area contributed by atoms with E-state index in [-0.39, 0.29) is 6.10 Å². The van der Waals surface area contributed by atoms with Crippen molar-refractivity contribution in [3.63, 3.8) is 0 Å². The highest BCUT2D eigenvalue weighted by atomic mass is 32.1. The zero-order valence-corrected chi connectivity index (χ0v) is 14.8. The lowest BCUT2D eigenvalue weighted by molar-refractivity contribution is -0.0339. The predicted octanol–water partition coefficient (Wildman–Crippen LogP) is 3.17. The summed E-state index contributed by atoms with van der Waals surface area (Å²) in [6.07, 6.45) is 0.286. The molecule has 5 heteroatoms. The van der Waals surface area contributed by atoms with Crippen LogP contribution < -0.4 is 5.32 Å². The molecule has 24 heavy (non-hydrogen) atoms. The van der Waals surface area contributed by atoms with E-state index in [9.17, 15) is 0 Å². The van der Waals surface area contributed by atoms with E-state index in [1.807, 2.05) is 29.5 Å². The van der Waals surface area contributed by atoms with Gasteiger partial charge >= 0.3 is 0 Å². The fraction of sp³-hybridized carbons (Fsp3) is 0.421. The first kappa shape index (κ1) is 17.1. The minimum absolute atomic E-state index is 0.286. The van der Waals surface area contributed by atoms with Crippen molar-refractivity contribution in [3.05, 3.63) is 57.8 Å². The van der Waals surface area contributed by atoms with Gasteiger partial charge in [-0.3, -0.25) is 4.90 Å². The third-order valence-electron chi connectivity index (χ3n) is 4.31. The minimum atomic E-state index is 0.286. The Balaban J connectivity index is 1.63. The predicted molar refractivity (Wildman–Crippen MR) is 96.9 cm³/mol. The Morgan fingerprint density at radius 1 is 1.42 bits per heavy atom. The lowest BCUT2D eigenvalue weighted by Crippen LogP contribution is -2.45. The molecule has 2 aromatic rings. The van der Waals surface area contributed by atoms with Crippen LogP contribution in [0.2, 0.25) is 0 Å². The number of hydrogen-bond donors (Lipinski definition) is 1. The van der Waals surface area contributed by atoms with Gasteiger partial charge in [-0.1, -0.05) is 18.2 Å². The molecule has 2 atom stereocenters. The number of rotatable bonds is 6. The van der Waals surface area contributed by atoms with E-state index in [1.54, 1.807) is 0 Å². The van der Waals surface area contributed by atoms with E-state index >= 15 is 0 Å². The van der Waals surface area contributed by atoms with Crippen molar-refractivity contribution in [2.24, 2.45) is 0 Å². The van der Waals surface area contributed by atoms with Crippen LogP contribution in [0.4, 0.5) is 0 Å². The first-order chi connectivity index (χ1) is 11.8. The second-order valence-electron chi connectivity index (χ2n) is 6.15. The van der Waals surface area contributed by atoms with Crippen LogP contribution in [0.1, 0.15) is 29.0 Å². The Labute approximate surface area is 147 Å². The molecule has 1 aliphatic heterocycles. The minimum Gasteiger partial charge on any atom is -0.376 e. The molecule has 0 radical (unpaired) electrons. The maximum absolute atomic E-state index is 9.01. The molecular weight excluding hydrogens is 318 g/mol. The average Bonchev–Trinajstić information content (AvgIpc) is 3.13. The van der Waals surface area contributed by atoms with Gasteiger partial charge in [-0.15, -0.1) is 11.3 Å². The summed E-state index contributed by atoms with van der Waals surface area (Å²) in [6, 6.07) is 14.7. The van der Waals surface area contributed by atoms with Gasteiger partial charge in [0.15, 0.2) is 0 Å². The standard InChI is InChI=1S/C19H23N3OS/c1-15-14-22(7-8-23-15)18(19-6-3-9-24-19)13-21-12-17-5-2-4-16(10-17)11-20/h2-6,9-10,15,18,21H,7-8,12-14H2,1H3/t15-,18-/m1/s1. The number of benzene rings is 1. The maximum Gasteiger partial charge on any atom is 0.0991 e. The number of hydrogen-bond acceptors (Lipinski definition) is 5. The Hall–Kier alpha value is -1.71. The van der Waals surface area contributed by atoms with Crippen LogP contribution in [0.3, 0.4) is 0 Å². The smallest absolute Gasteiger partial charge is 0.0991 e. The van der Waals surface area contributed by atoms with Gasteiger partial charge in [0, 0.05) is 31.1 Å². The molecule has 1 aromatic heterocycles. The number of thiophene rings is 1. The molecule has 1 N–H and O–H groups in total. The van der Waals surface area contributed by atoms with Gasteiger partial charge in [0.05, 0.1) is 30.4 Å². The highest BCUT2D eigenvalue weighted by Crippen LogP contribution is 2.26. The molecule has 0 spiro atoms. The van der Waals surface area contributed by atoms with E-state index in [0.717, 1.165) is 38.3 Å². The number of nitrogens with zero attached hydrogens (tertiary/aromatic N) is 2. The third-order valence-corrected chi connectivity index (χ3v) is 5.28. The van der Waals surface area contributed by atoms with Crippen LogP contribution in [0.5, 0.6) is 0 Å². The fourth-order valence-corrected chi connectivity index (χ4v) is 3.98. The Bertz CT molecular complexity index is 680. The molecule has 1 fully saturated rings. The van der Waals surface area contributed by atoms with Gasteiger partial charge in [0.1, 0.15) is 0 Å². The summed E-state index contributed by atoms with van der Waals surface area (Å²) in [5, 5.41) is 14.7. The molecule has 0 saturated carbocycles. The zero-order chi connectivity index (χ0) is 16.8. The van der Waals surface area contributed by atoms with Crippen LogP contribution >= 0.6 is 11.3 Å². The Morgan fingerprint density at radius 3 is 3.08 bits per heavy atom. The van der Waals surface area contributed by atoms with Crippen molar-refractivity contribution in [2.75, 3.05) is 26.2 Å². The second-order valence-corrected chi connectivity index (χ2v) is 7.13. The molecule has 2 heterocycles. The molecule has 1 aliphatic rings. The molecule has 0 unspecified atom stereocenters. The summed E-state index contributed by atoms with van der Waals surface area (Å²) in [5.74, 6) is 0. The van der Waals surface area contributed by atoms with Crippen molar-refractivity contribution < 1.29 is 4.74 Å². The van der Waals surface area contributed by atoms with E-state index in [1.165, 1.54) is 4.88 Å². The molecule has 126 valence electrons. The molecule has 3 rings (SSSR count). The van der Waals surface area contributed by atoms with E-state index < -0.39 is 0 Å². The number of nitrogens with one attached hydrogen (secondary N) is 1. The summed E-state index contributed by atoms with van der Waals surface area (Å²) < 4.78 is 5.69. The van der Waals surface area contributed by atoms with Crippen LogP contribution in [-0.2, 0) is 11.3 Å². The van der Waals surface area contributed by atoms with E-state index in [4.69, 9.17) is 10.00 Å². The highest BCUT2D eigenvalue weighted by molar-refractivity contribution is 7.10. The molecule has 0 amide bonds. The fourth-order valence-electron chi connectivity index (χ4n) is 3.12. The molecule has 0 bridgehead atoms. The average molecular weight is 341 g/mol. The molecular formula is C19H23N3OS. The lowest BCUT2D eigenvalue weighted by atomic mass is 10.1. The zero-order valence-electron chi connectivity index (χ0n) is 13.9. The normalized spacial score (nSPS) is 19.8. The monoisotopic (exact) mass is 341 g/mol. The first-order valence-electron chi connectivity index (χ1n) is 8.35. The van der Waals surface area contributed by atoms with Crippen molar-refractivity contribution in [1.82, 2.24) is 10.2 Å². The SMILES string of the molecule is C[C@@H]1CN([C@H](CNCc2cccc(C#N)c2)c2cccs2)CCO1. The van der Waals surface area contributed by atoms with Gasteiger partial charge in [-0.25, -0.2) is 0 Å². The van der Waals surface area contributed by atoms with Gasteiger partial charge in [0.25, 0.3) is 0 Å². The number of ether oxygens (including phenoxy) is 1. The van der Waals surface area contributed by atoms with E-state index in [2.05, 4.69) is 46.8 Å². The Morgan fingerprint density at radius 2 is 2.33 bits per heavy atom. The van der Waals surface area contributed by atoms with Gasteiger partial charge < -0.3 is 10.1 Å². The van der Waals surface area contributed by atoms with Crippen molar-refractivity contribution in [3.8, 4) is 6.07 Å². The number of nitriles is 1. The topological polar surface area (TPSA) is 48.3 Å². The van der Waals surface area contributed by atoms with Crippen LogP contribution in [0, 0.1) is 11.3 Å². The van der Waals surface area contributed by atoms with Crippen molar-refractivity contribution >= 4 is 11.3 Å². The van der Waals surface area contributed by atoms with Crippen LogP contribution in [0.15, 0.2) is 41.8 Å². The Kier molecular flexibility index (Phi) is 6.00. The molecule has 1 saturated heterocycles. The second kappa shape index (κ2) is 8.41. The van der Waals surface area contributed by atoms with Crippen LogP contribution in [0.25, 0.3) is 0 Å². The van der Waals surface area contributed by atoms with Crippen LogP contribution in [-0.4, -0.2) is 37.2 Å². The molecule has 0 aliphatic carbocycles. The lowest BCUT2D eigenvalue weighted by Gasteiger charge is -2.37. The summed E-state index contributed by atoms with van der Waals surface area (Å²) in [5.41, 5.74) is 1.86. The molecule has 1 aromatic carbocycles. The summed E-state index contributed by atoms with van der Waals surface area (Å²) >= 11 is 1.81. The largest absolute Gasteiger partial charge is 0.376 e. The van der Waals surface area contributed by atoms with Crippen molar-refractivity contribution in [2.45, 2.75) is 25.6 Å². The quantitative estimate of drug-likeness (QED) is 0.877. The summed E-state index contributed by atoms with van der Waals surface area (Å²) in [7, 11) is 0. The van der Waals surface area contributed by atoms with Crippen molar-refractivity contribution in [1.29, 1.82) is 5.26 Å². The first-order valence-corrected chi connectivity index (χ1v) is 9.23. The third kappa shape index (κ3) is 4.43. The highest BCUT2D eigenvalue weighted by Gasteiger charge is 2.25. The summed E-state index contributed by atoms with van der Waals surface area (Å²) in [6.45, 7) is 6.54. The summed E-state index contributed by atoms with van der Waals surface area (Å²) in [4.78, 5) is 3.90.